The molecule has 0 fully saturated rings. The second-order valence-electron chi connectivity index (χ2n) is 6.38. The minimum absolute atomic E-state index is 0.150. The molecule has 4 heteroatoms. The lowest BCUT2D eigenvalue weighted by Crippen LogP contribution is -2.03. The topological polar surface area (TPSA) is 73.2 Å². The molecule has 0 saturated carbocycles. The summed E-state index contributed by atoms with van der Waals surface area (Å²) < 4.78 is 0. The predicted octanol–water partition coefficient (Wildman–Crippen LogP) is 4.73. The highest BCUT2D eigenvalue weighted by Gasteiger charge is 2.04. The van der Waals surface area contributed by atoms with Crippen LogP contribution in [0, 0.1) is 5.41 Å². The van der Waals surface area contributed by atoms with Gasteiger partial charge in [-0.15, -0.1) is 0 Å². The van der Waals surface area contributed by atoms with Crippen LogP contribution in [0.5, 0.6) is 0 Å². The molecule has 0 spiro atoms. The number of rotatable bonds is 8. The van der Waals surface area contributed by atoms with Crippen molar-refractivity contribution in [1.29, 1.82) is 5.41 Å². The largest absolute Gasteiger partial charge is 0.481 e. The second kappa shape index (κ2) is 8.81. The molecule has 136 valence electrons. The van der Waals surface area contributed by atoms with Crippen molar-refractivity contribution in [1.82, 2.24) is 0 Å². The Morgan fingerprint density at radius 1 is 0.815 bits per heavy atom. The Balaban J connectivity index is 1.56. The highest BCUT2D eigenvalue weighted by molar-refractivity contribution is 6.10. The van der Waals surface area contributed by atoms with Crippen LogP contribution in [-0.4, -0.2) is 16.8 Å². The molecule has 0 aliphatic rings. The number of hydrogen-bond acceptors (Lipinski definition) is 3. The van der Waals surface area contributed by atoms with E-state index in [1.165, 1.54) is 0 Å². The van der Waals surface area contributed by atoms with Crippen LogP contribution in [0.2, 0.25) is 0 Å². The van der Waals surface area contributed by atoms with E-state index in [9.17, 15) is 4.79 Å². The van der Waals surface area contributed by atoms with Crippen LogP contribution >= 0.6 is 0 Å². The summed E-state index contributed by atoms with van der Waals surface area (Å²) in [4.78, 5) is 10.6. The first-order valence-corrected chi connectivity index (χ1v) is 8.90. The van der Waals surface area contributed by atoms with E-state index in [2.05, 4.69) is 5.32 Å². The molecule has 0 atom stereocenters. The van der Waals surface area contributed by atoms with Gasteiger partial charge in [-0.25, -0.2) is 0 Å². The van der Waals surface area contributed by atoms with Gasteiger partial charge < -0.3 is 10.4 Å². The van der Waals surface area contributed by atoms with Crippen molar-refractivity contribution in [3.8, 4) is 0 Å². The third kappa shape index (κ3) is 5.28. The number of carbonyl (C=O) groups is 1. The highest BCUT2D eigenvalue weighted by Crippen LogP contribution is 2.14. The summed E-state index contributed by atoms with van der Waals surface area (Å²) in [5, 5.41) is 20.4. The maximum atomic E-state index is 10.6. The second-order valence-corrected chi connectivity index (χ2v) is 6.38. The minimum atomic E-state index is -0.777. The van der Waals surface area contributed by atoms with Gasteiger partial charge in [-0.3, -0.25) is 10.2 Å². The van der Waals surface area contributed by atoms with Crippen molar-refractivity contribution in [3.63, 3.8) is 0 Å². The molecule has 0 radical (unpaired) electrons. The third-order valence-corrected chi connectivity index (χ3v) is 4.38. The molecule has 0 unspecified atom stereocenters. The molecule has 0 bridgehead atoms. The molecule has 0 heterocycles. The van der Waals surface area contributed by atoms with Gasteiger partial charge >= 0.3 is 5.97 Å². The van der Waals surface area contributed by atoms with Crippen LogP contribution in [0.4, 0.5) is 5.69 Å². The molecule has 0 amide bonds. The molecule has 3 rings (SSSR count). The van der Waals surface area contributed by atoms with Gasteiger partial charge in [0.05, 0.1) is 5.71 Å². The third-order valence-electron chi connectivity index (χ3n) is 4.38. The SMILES string of the molecule is N=C(c1ccccc1)c1ccc(CNc2ccc(CCC(=O)O)cc2)cc1. The average Bonchev–Trinajstić information content (AvgIpc) is 2.72. The molecular weight excluding hydrogens is 336 g/mol. The fraction of sp³-hybridized carbons (Fsp3) is 0.130. The Morgan fingerprint density at radius 2 is 1.41 bits per heavy atom. The van der Waals surface area contributed by atoms with Gasteiger partial charge in [-0.2, -0.15) is 0 Å². The van der Waals surface area contributed by atoms with Crippen molar-refractivity contribution in [2.75, 3.05) is 5.32 Å². The van der Waals surface area contributed by atoms with Crippen LogP contribution in [0.25, 0.3) is 0 Å². The van der Waals surface area contributed by atoms with E-state index in [1.807, 2.05) is 78.9 Å². The molecule has 0 saturated heterocycles. The van der Waals surface area contributed by atoms with Crippen molar-refractivity contribution < 1.29 is 9.90 Å². The summed E-state index contributed by atoms with van der Waals surface area (Å²) in [5.41, 5.74) is 5.47. The Morgan fingerprint density at radius 3 is 2.04 bits per heavy atom. The van der Waals surface area contributed by atoms with E-state index in [-0.39, 0.29) is 6.42 Å². The van der Waals surface area contributed by atoms with Gasteiger partial charge in [0.1, 0.15) is 0 Å². The first-order chi connectivity index (χ1) is 13.1. The zero-order chi connectivity index (χ0) is 19.1. The van der Waals surface area contributed by atoms with Gasteiger partial charge in [-0.1, -0.05) is 66.7 Å². The molecule has 3 aromatic carbocycles. The van der Waals surface area contributed by atoms with E-state index >= 15 is 0 Å². The smallest absolute Gasteiger partial charge is 0.303 e. The lowest BCUT2D eigenvalue weighted by molar-refractivity contribution is -0.136. The van der Waals surface area contributed by atoms with Gasteiger partial charge in [-0.05, 0) is 35.2 Å². The Labute approximate surface area is 159 Å². The summed E-state index contributed by atoms with van der Waals surface area (Å²) >= 11 is 0. The number of nitrogens with one attached hydrogen (secondary N) is 2. The van der Waals surface area contributed by atoms with Gasteiger partial charge in [0, 0.05) is 24.2 Å². The Bertz CT molecular complexity index is 901. The van der Waals surface area contributed by atoms with E-state index < -0.39 is 5.97 Å². The van der Waals surface area contributed by atoms with Crippen LogP contribution in [0.1, 0.15) is 28.7 Å². The molecule has 3 N–H and O–H groups in total. The van der Waals surface area contributed by atoms with E-state index in [4.69, 9.17) is 10.5 Å². The zero-order valence-corrected chi connectivity index (χ0v) is 15.0. The summed E-state index contributed by atoms with van der Waals surface area (Å²) in [6.07, 6.45) is 0.696. The maximum Gasteiger partial charge on any atom is 0.303 e. The van der Waals surface area contributed by atoms with Gasteiger partial charge in [0.25, 0.3) is 0 Å². The van der Waals surface area contributed by atoms with Crippen molar-refractivity contribution in [2.24, 2.45) is 0 Å². The fourth-order valence-corrected chi connectivity index (χ4v) is 2.81. The molecule has 0 aliphatic heterocycles. The number of benzene rings is 3. The number of carboxylic acid groups (broad SMARTS) is 1. The summed E-state index contributed by atoms with van der Waals surface area (Å²) in [5.74, 6) is -0.777. The Kier molecular flexibility index (Phi) is 6.00. The summed E-state index contributed by atoms with van der Waals surface area (Å²) in [7, 11) is 0. The molecule has 0 aromatic heterocycles. The van der Waals surface area contributed by atoms with Gasteiger partial charge in [0.15, 0.2) is 0 Å². The number of carboxylic acids is 1. The minimum Gasteiger partial charge on any atom is -0.481 e. The van der Waals surface area contributed by atoms with Crippen LogP contribution < -0.4 is 5.32 Å². The van der Waals surface area contributed by atoms with Crippen molar-refractivity contribution in [3.05, 3.63) is 101 Å². The zero-order valence-electron chi connectivity index (χ0n) is 15.0. The normalized spacial score (nSPS) is 10.4. The lowest BCUT2D eigenvalue weighted by atomic mass is 10.0. The first kappa shape index (κ1) is 18.4. The molecular formula is C23H22N2O2. The van der Waals surface area contributed by atoms with Crippen molar-refractivity contribution in [2.45, 2.75) is 19.4 Å². The van der Waals surface area contributed by atoms with Crippen LogP contribution in [0.15, 0.2) is 78.9 Å². The molecule has 4 nitrogen and oxygen atoms in total. The quantitative estimate of drug-likeness (QED) is 0.510. The summed E-state index contributed by atoms with van der Waals surface area (Å²) in [6.45, 7) is 0.688. The molecule has 3 aromatic rings. The van der Waals surface area contributed by atoms with E-state index in [1.54, 1.807) is 0 Å². The van der Waals surface area contributed by atoms with Crippen LogP contribution in [-0.2, 0) is 17.8 Å². The first-order valence-electron chi connectivity index (χ1n) is 8.90. The predicted molar refractivity (Wildman–Crippen MR) is 109 cm³/mol. The maximum absolute atomic E-state index is 10.6. The lowest BCUT2D eigenvalue weighted by Gasteiger charge is -2.09. The van der Waals surface area contributed by atoms with E-state index in [0.29, 0.717) is 18.7 Å². The number of aryl methyl sites for hydroxylation is 1. The highest BCUT2D eigenvalue weighted by atomic mass is 16.4. The average molecular weight is 358 g/mol. The van der Waals surface area contributed by atoms with E-state index in [0.717, 1.165) is 27.9 Å². The van der Waals surface area contributed by atoms with Gasteiger partial charge in [0.2, 0.25) is 0 Å². The number of hydrogen-bond donors (Lipinski definition) is 3. The standard InChI is InChI=1S/C23H22N2O2/c24-23(19-4-2-1-3-5-19)20-11-6-18(7-12-20)16-25-21-13-8-17(9-14-21)10-15-22(26)27/h1-9,11-14,24-25H,10,15-16H2,(H,26,27). The number of aliphatic carboxylic acids is 1. The van der Waals surface area contributed by atoms with Crippen LogP contribution in [0.3, 0.4) is 0 Å². The summed E-state index contributed by atoms with van der Waals surface area (Å²) in [6, 6.07) is 25.6. The molecule has 27 heavy (non-hydrogen) atoms. The number of anilines is 1. The molecule has 0 aliphatic carbocycles. The van der Waals surface area contributed by atoms with Crippen molar-refractivity contribution >= 4 is 17.4 Å². The monoisotopic (exact) mass is 358 g/mol. The fourth-order valence-electron chi connectivity index (χ4n) is 2.81. The Hall–Kier alpha value is -3.40.